The fourth-order valence-electron chi connectivity index (χ4n) is 6.85. The van der Waals surface area contributed by atoms with Crippen LogP contribution >= 0.6 is 0 Å². The molecule has 3 aliphatic carbocycles. The molecule has 4 rings (SSSR count). The van der Waals surface area contributed by atoms with E-state index in [-0.39, 0.29) is 5.75 Å². The number of methoxy groups -OCH3 is 1. The number of phenols is 1. The van der Waals surface area contributed by atoms with Gasteiger partial charge in [-0.1, -0.05) is 13.8 Å². The fourth-order valence-corrected chi connectivity index (χ4v) is 6.85. The van der Waals surface area contributed by atoms with Gasteiger partial charge in [0.1, 0.15) is 0 Å². The van der Waals surface area contributed by atoms with Crippen LogP contribution in [-0.2, 0) is 6.42 Å². The minimum absolute atomic E-state index is 0.276. The highest BCUT2D eigenvalue weighted by Gasteiger charge is 2.55. The lowest BCUT2D eigenvalue weighted by molar-refractivity contribution is 0.00152. The van der Waals surface area contributed by atoms with Gasteiger partial charge in [-0.15, -0.1) is 0 Å². The molecule has 3 nitrogen and oxygen atoms in total. The molecule has 1 unspecified atom stereocenters. The van der Waals surface area contributed by atoms with E-state index >= 15 is 0 Å². The van der Waals surface area contributed by atoms with Crippen molar-refractivity contribution in [1.82, 2.24) is 0 Å². The third kappa shape index (κ3) is 2.50. The van der Waals surface area contributed by atoms with E-state index in [0.29, 0.717) is 35.5 Å². The van der Waals surface area contributed by atoms with Crippen molar-refractivity contribution in [1.29, 1.82) is 0 Å². The van der Waals surface area contributed by atoms with E-state index in [1.54, 1.807) is 7.11 Å². The van der Waals surface area contributed by atoms with Gasteiger partial charge < -0.3 is 14.9 Å². The Labute approximate surface area is 151 Å². The lowest BCUT2D eigenvalue weighted by atomic mass is 9.53. The summed E-state index contributed by atoms with van der Waals surface area (Å²) < 4.78 is 5.38. The average Bonchev–Trinajstić information content (AvgIpc) is 2.97. The highest BCUT2D eigenvalue weighted by Crippen LogP contribution is 2.64. The second-order valence-electron chi connectivity index (χ2n) is 9.03. The van der Waals surface area contributed by atoms with Gasteiger partial charge in [0, 0.05) is 6.61 Å². The van der Waals surface area contributed by atoms with Crippen molar-refractivity contribution in [3.63, 3.8) is 0 Å². The minimum Gasteiger partial charge on any atom is -0.504 e. The lowest BCUT2D eigenvalue weighted by Crippen LogP contribution is -2.43. The first-order valence-electron chi connectivity index (χ1n) is 10.00. The van der Waals surface area contributed by atoms with Crippen LogP contribution in [0.25, 0.3) is 0 Å². The van der Waals surface area contributed by atoms with Gasteiger partial charge in [0.05, 0.1) is 7.11 Å². The molecule has 1 aromatic rings. The number of fused-ring (bicyclic) bond motifs is 5. The monoisotopic (exact) mass is 344 g/mol. The van der Waals surface area contributed by atoms with Crippen LogP contribution in [0.3, 0.4) is 0 Å². The second-order valence-corrected chi connectivity index (χ2v) is 9.03. The molecule has 0 spiro atoms. The summed E-state index contributed by atoms with van der Waals surface area (Å²) in [6.45, 7) is 5.05. The van der Waals surface area contributed by atoms with Gasteiger partial charge in [-0.3, -0.25) is 0 Å². The second kappa shape index (κ2) is 6.19. The van der Waals surface area contributed by atoms with Gasteiger partial charge in [0.15, 0.2) is 11.5 Å². The van der Waals surface area contributed by atoms with Gasteiger partial charge >= 0.3 is 0 Å². The quantitative estimate of drug-likeness (QED) is 0.849. The molecule has 25 heavy (non-hydrogen) atoms. The molecular formula is C22H32O3. The van der Waals surface area contributed by atoms with Crippen molar-refractivity contribution in [3.05, 3.63) is 23.3 Å². The van der Waals surface area contributed by atoms with Crippen molar-refractivity contribution in [3.8, 4) is 11.5 Å². The molecule has 3 aliphatic rings. The maximum absolute atomic E-state index is 10.1. The Balaban J connectivity index is 1.66. The predicted molar refractivity (Wildman–Crippen MR) is 99.0 cm³/mol. The Kier molecular flexibility index (Phi) is 4.26. The molecule has 1 aromatic carbocycles. The summed E-state index contributed by atoms with van der Waals surface area (Å²) in [4.78, 5) is 0. The summed E-state index contributed by atoms with van der Waals surface area (Å²) in [6, 6.07) is 4.04. The Bertz CT molecular complexity index is 655. The van der Waals surface area contributed by atoms with Crippen molar-refractivity contribution in [2.24, 2.45) is 29.1 Å². The molecule has 0 aromatic heterocycles. The van der Waals surface area contributed by atoms with Crippen LogP contribution in [0.1, 0.15) is 63.0 Å². The molecule has 2 saturated carbocycles. The third-order valence-electron chi connectivity index (χ3n) is 8.07. The van der Waals surface area contributed by atoms with Gasteiger partial charge in [-0.05, 0) is 96.8 Å². The molecule has 138 valence electrons. The first-order valence-corrected chi connectivity index (χ1v) is 10.00. The van der Waals surface area contributed by atoms with E-state index in [1.165, 1.54) is 43.2 Å². The van der Waals surface area contributed by atoms with Crippen molar-refractivity contribution in [2.75, 3.05) is 13.7 Å². The van der Waals surface area contributed by atoms with E-state index in [9.17, 15) is 10.2 Å². The number of aliphatic hydroxyl groups is 1. The molecular weight excluding hydrogens is 312 g/mol. The van der Waals surface area contributed by atoms with Crippen LogP contribution in [0.2, 0.25) is 0 Å². The smallest absolute Gasteiger partial charge is 0.160 e. The fraction of sp³-hybridized carbons (Fsp3) is 0.727. The highest BCUT2D eigenvalue weighted by molar-refractivity contribution is 5.49. The molecule has 2 N–H and O–H groups in total. The van der Waals surface area contributed by atoms with E-state index in [1.807, 2.05) is 6.07 Å². The Morgan fingerprint density at radius 3 is 2.76 bits per heavy atom. The molecule has 0 saturated heterocycles. The normalized spacial score (nSPS) is 37.8. The topological polar surface area (TPSA) is 49.7 Å². The zero-order valence-electron chi connectivity index (χ0n) is 15.8. The zero-order valence-corrected chi connectivity index (χ0v) is 15.8. The number of benzene rings is 1. The zero-order chi connectivity index (χ0) is 17.8. The standard InChI is InChI=1S/C22H32O3/c1-13(12-23)18-6-7-19-16-5-4-14-10-20(24)21(25-3)11-17(14)15(16)8-9-22(18,19)2/h10-11,13,15-16,18-19,23-24H,4-9,12H2,1-3H3/t13?,15-,16+,18+,19-,22+/m0/s1. The van der Waals surface area contributed by atoms with Crippen LogP contribution in [0.4, 0.5) is 0 Å². The summed E-state index contributed by atoms with van der Waals surface area (Å²) >= 11 is 0. The predicted octanol–water partition coefficient (Wildman–Crippen LogP) is 4.50. The largest absolute Gasteiger partial charge is 0.504 e. The van der Waals surface area contributed by atoms with Crippen molar-refractivity contribution < 1.29 is 14.9 Å². The van der Waals surface area contributed by atoms with Gasteiger partial charge in [-0.2, -0.15) is 0 Å². The molecule has 6 atom stereocenters. The minimum atomic E-state index is 0.276. The summed E-state index contributed by atoms with van der Waals surface area (Å²) in [5.74, 6) is 4.11. The van der Waals surface area contributed by atoms with Crippen LogP contribution in [0.5, 0.6) is 11.5 Å². The van der Waals surface area contributed by atoms with E-state index in [2.05, 4.69) is 19.9 Å². The van der Waals surface area contributed by atoms with Gasteiger partial charge in [0.2, 0.25) is 0 Å². The lowest BCUT2D eigenvalue weighted by Gasteiger charge is -2.52. The molecule has 0 heterocycles. The molecule has 0 radical (unpaired) electrons. The molecule has 2 fully saturated rings. The van der Waals surface area contributed by atoms with Crippen molar-refractivity contribution in [2.45, 2.75) is 58.3 Å². The highest BCUT2D eigenvalue weighted by atomic mass is 16.5. The summed E-state index contributed by atoms with van der Waals surface area (Å²) in [7, 11) is 1.64. The summed E-state index contributed by atoms with van der Waals surface area (Å²) in [5, 5.41) is 19.8. The number of hydrogen-bond donors (Lipinski definition) is 2. The van der Waals surface area contributed by atoms with Crippen LogP contribution in [0, 0.1) is 29.1 Å². The third-order valence-corrected chi connectivity index (χ3v) is 8.07. The summed E-state index contributed by atoms with van der Waals surface area (Å²) in [5.41, 5.74) is 3.13. The molecule has 0 amide bonds. The Hall–Kier alpha value is -1.22. The maximum Gasteiger partial charge on any atom is 0.160 e. The van der Waals surface area contributed by atoms with Crippen LogP contribution < -0.4 is 4.74 Å². The number of phenolic OH excluding ortho intramolecular Hbond substituents is 1. The first-order chi connectivity index (χ1) is 12.0. The molecule has 3 heteroatoms. The Morgan fingerprint density at radius 1 is 1.24 bits per heavy atom. The van der Waals surface area contributed by atoms with E-state index in [0.717, 1.165) is 18.3 Å². The Morgan fingerprint density at radius 2 is 2.04 bits per heavy atom. The van der Waals surface area contributed by atoms with Crippen LogP contribution in [-0.4, -0.2) is 23.9 Å². The first kappa shape index (κ1) is 17.2. The number of aryl methyl sites for hydroxylation is 1. The number of aliphatic hydroxyl groups excluding tert-OH is 1. The van der Waals surface area contributed by atoms with E-state index in [4.69, 9.17) is 4.74 Å². The van der Waals surface area contributed by atoms with E-state index < -0.39 is 0 Å². The van der Waals surface area contributed by atoms with Crippen LogP contribution in [0.15, 0.2) is 12.1 Å². The molecule has 0 bridgehead atoms. The molecule has 0 aliphatic heterocycles. The maximum atomic E-state index is 10.1. The SMILES string of the molecule is COc1cc2c(cc1O)CC[C@@H]1[C@@H]2CC[C@]2(C)[C@@H](C(C)CO)CC[C@@H]12. The number of hydrogen-bond acceptors (Lipinski definition) is 3. The average molecular weight is 344 g/mol. The van der Waals surface area contributed by atoms with Gasteiger partial charge in [-0.25, -0.2) is 0 Å². The number of rotatable bonds is 3. The summed E-state index contributed by atoms with van der Waals surface area (Å²) in [6.07, 6.45) is 7.39. The van der Waals surface area contributed by atoms with Crippen molar-refractivity contribution >= 4 is 0 Å². The van der Waals surface area contributed by atoms with Gasteiger partial charge in [0.25, 0.3) is 0 Å². The number of ether oxygens (including phenoxy) is 1. The number of aromatic hydroxyl groups is 1.